The van der Waals surface area contributed by atoms with Crippen molar-refractivity contribution in [1.82, 2.24) is 4.72 Å². The maximum atomic E-state index is 12.4. The highest BCUT2D eigenvalue weighted by Crippen LogP contribution is 2.29. The van der Waals surface area contributed by atoms with Gasteiger partial charge in [-0.1, -0.05) is 24.3 Å². The summed E-state index contributed by atoms with van der Waals surface area (Å²) in [6.45, 7) is -0.128. The number of ether oxygens (including phenoxy) is 1. The molecule has 148 valence electrons. The molecule has 0 aromatic heterocycles. The number of benzene rings is 2. The second kappa shape index (κ2) is 7.84. The summed E-state index contributed by atoms with van der Waals surface area (Å²) in [6.07, 6.45) is -4.86. The van der Waals surface area contributed by atoms with Gasteiger partial charge in [-0.25, -0.2) is 26.7 Å². The highest BCUT2D eigenvalue weighted by molar-refractivity contribution is 7.89. The van der Waals surface area contributed by atoms with Crippen molar-refractivity contribution in [3.8, 4) is 5.75 Å². The minimum Gasteiger partial charge on any atom is -0.404 e. The number of hydrogen-bond acceptors (Lipinski definition) is 5. The van der Waals surface area contributed by atoms with Gasteiger partial charge in [0.2, 0.25) is 20.0 Å². The minimum atomic E-state index is -5.03. The van der Waals surface area contributed by atoms with Crippen LogP contribution in [0.4, 0.5) is 13.2 Å². The first-order valence-corrected chi connectivity index (χ1v) is 10.4. The van der Waals surface area contributed by atoms with E-state index in [-0.39, 0.29) is 17.9 Å². The molecule has 2 aromatic carbocycles. The Bertz CT molecular complexity index is 1000. The molecular formula is C15H15F3N2O5S2. The Hall–Kier alpha value is -2.15. The highest BCUT2D eigenvalue weighted by Gasteiger charge is 2.33. The van der Waals surface area contributed by atoms with Gasteiger partial charge in [0, 0.05) is 6.54 Å². The molecule has 27 heavy (non-hydrogen) atoms. The van der Waals surface area contributed by atoms with Gasteiger partial charge in [0.05, 0.1) is 4.90 Å². The molecule has 7 nitrogen and oxygen atoms in total. The SMILES string of the molecule is NS(=O)(=O)c1ccc(CCNS(=O)(=O)c2ccccc2OC(F)(F)F)cc1. The Morgan fingerprint density at radius 1 is 0.963 bits per heavy atom. The number of alkyl halides is 3. The van der Waals surface area contributed by atoms with Crippen LogP contribution < -0.4 is 14.6 Å². The van der Waals surface area contributed by atoms with Crippen molar-refractivity contribution in [2.45, 2.75) is 22.6 Å². The number of rotatable bonds is 7. The predicted octanol–water partition coefficient (Wildman–Crippen LogP) is 1.75. The molecule has 12 heteroatoms. The molecule has 0 unspecified atom stereocenters. The fourth-order valence-electron chi connectivity index (χ4n) is 2.13. The standard InChI is InChI=1S/C15H15F3N2O5S2/c16-15(17,18)25-13-3-1-2-4-14(13)27(23,24)20-10-9-11-5-7-12(8-6-11)26(19,21)22/h1-8,20H,9-10H2,(H2,19,21,22). The fourth-order valence-corrected chi connectivity index (χ4v) is 3.81. The second-order valence-corrected chi connectivity index (χ2v) is 8.63. The quantitative estimate of drug-likeness (QED) is 0.703. The molecule has 0 bridgehead atoms. The summed E-state index contributed by atoms with van der Waals surface area (Å²) in [5.41, 5.74) is 0.602. The summed E-state index contributed by atoms with van der Waals surface area (Å²) < 4.78 is 90.0. The average molecular weight is 424 g/mol. The third-order valence-electron chi connectivity index (χ3n) is 3.32. The molecule has 0 saturated carbocycles. The Kier molecular flexibility index (Phi) is 6.14. The lowest BCUT2D eigenvalue weighted by Gasteiger charge is -2.14. The van der Waals surface area contributed by atoms with Crippen LogP contribution in [0.5, 0.6) is 5.75 Å². The number of nitrogens with one attached hydrogen (secondary N) is 1. The molecular weight excluding hydrogens is 409 g/mol. The lowest BCUT2D eigenvalue weighted by molar-refractivity contribution is -0.275. The van der Waals surface area contributed by atoms with Crippen molar-refractivity contribution in [1.29, 1.82) is 0 Å². The number of primary sulfonamides is 1. The van der Waals surface area contributed by atoms with Crippen LogP contribution in [0, 0.1) is 0 Å². The van der Waals surface area contributed by atoms with Crippen LogP contribution in [0.2, 0.25) is 0 Å². The van der Waals surface area contributed by atoms with Crippen molar-refractivity contribution in [2.75, 3.05) is 6.54 Å². The highest BCUT2D eigenvalue weighted by atomic mass is 32.2. The molecule has 0 aliphatic heterocycles. The largest absolute Gasteiger partial charge is 0.573 e. The summed E-state index contributed by atoms with van der Waals surface area (Å²) in [4.78, 5) is -0.739. The normalized spacial score (nSPS) is 12.7. The first-order chi connectivity index (χ1) is 12.4. The van der Waals surface area contributed by atoms with E-state index in [0.29, 0.717) is 5.56 Å². The fraction of sp³-hybridized carbons (Fsp3) is 0.200. The van der Waals surface area contributed by atoms with E-state index in [1.54, 1.807) is 0 Å². The van der Waals surface area contributed by atoms with Gasteiger partial charge < -0.3 is 4.74 Å². The van der Waals surface area contributed by atoms with Crippen LogP contribution in [-0.4, -0.2) is 29.7 Å². The van der Waals surface area contributed by atoms with E-state index < -0.39 is 37.1 Å². The number of sulfonamides is 2. The number of nitrogens with two attached hydrogens (primary N) is 1. The van der Waals surface area contributed by atoms with Crippen molar-refractivity contribution >= 4 is 20.0 Å². The molecule has 3 N–H and O–H groups in total. The van der Waals surface area contributed by atoms with Crippen LogP contribution in [0.25, 0.3) is 0 Å². The molecule has 0 saturated heterocycles. The zero-order valence-electron chi connectivity index (χ0n) is 13.6. The van der Waals surface area contributed by atoms with Gasteiger partial charge in [-0.3, -0.25) is 0 Å². The predicted molar refractivity (Wildman–Crippen MR) is 89.8 cm³/mol. The molecule has 0 atom stereocenters. The van der Waals surface area contributed by atoms with E-state index >= 15 is 0 Å². The van der Waals surface area contributed by atoms with E-state index in [2.05, 4.69) is 9.46 Å². The van der Waals surface area contributed by atoms with Crippen LogP contribution in [0.3, 0.4) is 0 Å². The Morgan fingerprint density at radius 2 is 1.56 bits per heavy atom. The van der Waals surface area contributed by atoms with Gasteiger partial charge in [-0.2, -0.15) is 0 Å². The molecule has 0 heterocycles. The Labute approximate surface area is 154 Å². The summed E-state index contributed by atoms with van der Waals surface area (Å²) in [7, 11) is -8.09. The van der Waals surface area contributed by atoms with E-state index in [1.165, 1.54) is 36.4 Å². The van der Waals surface area contributed by atoms with Gasteiger partial charge in [-0.05, 0) is 36.2 Å². The minimum absolute atomic E-state index is 0.0925. The van der Waals surface area contributed by atoms with Crippen molar-refractivity contribution in [3.63, 3.8) is 0 Å². The molecule has 0 fully saturated rings. The lowest BCUT2D eigenvalue weighted by Crippen LogP contribution is -2.27. The maximum absolute atomic E-state index is 12.4. The monoisotopic (exact) mass is 424 g/mol. The van der Waals surface area contributed by atoms with E-state index in [4.69, 9.17) is 5.14 Å². The number of para-hydroxylation sites is 1. The third-order valence-corrected chi connectivity index (χ3v) is 5.75. The van der Waals surface area contributed by atoms with Crippen molar-refractivity contribution in [2.24, 2.45) is 5.14 Å². The average Bonchev–Trinajstić information content (AvgIpc) is 2.53. The van der Waals surface area contributed by atoms with Gasteiger partial charge in [0.15, 0.2) is 0 Å². The Balaban J connectivity index is 2.08. The number of halogens is 3. The summed E-state index contributed by atoms with van der Waals surface area (Å²) in [6, 6.07) is 9.82. The van der Waals surface area contributed by atoms with Crippen LogP contribution >= 0.6 is 0 Å². The molecule has 2 aromatic rings. The second-order valence-electron chi connectivity index (χ2n) is 5.33. The zero-order chi connectivity index (χ0) is 20.3. The smallest absolute Gasteiger partial charge is 0.404 e. The summed E-state index contributed by atoms with van der Waals surface area (Å²) in [5.74, 6) is -0.838. The molecule has 0 aliphatic carbocycles. The maximum Gasteiger partial charge on any atom is 0.573 e. The lowest BCUT2D eigenvalue weighted by atomic mass is 10.2. The van der Waals surface area contributed by atoms with Crippen LogP contribution in [0.1, 0.15) is 5.56 Å². The zero-order valence-corrected chi connectivity index (χ0v) is 15.2. The molecule has 0 spiro atoms. The van der Waals surface area contributed by atoms with Gasteiger partial charge in [-0.15, -0.1) is 13.2 Å². The molecule has 2 rings (SSSR count). The van der Waals surface area contributed by atoms with Crippen LogP contribution in [0.15, 0.2) is 58.3 Å². The molecule has 0 radical (unpaired) electrons. The van der Waals surface area contributed by atoms with E-state index in [0.717, 1.165) is 12.1 Å². The first kappa shape index (κ1) is 21.2. The molecule has 0 amide bonds. The molecule has 0 aliphatic rings. The van der Waals surface area contributed by atoms with Crippen molar-refractivity contribution in [3.05, 3.63) is 54.1 Å². The van der Waals surface area contributed by atoms with Gasteiger partial charge >= 0.3 is 6.36 Å². The summed E-state index contributed by atoms with van der Waals surface area (Å²) >= 11 is 0. The van der Waals surface area contributed by atoms with Crippen molar-refractivity contribution < 1.29 is 34.7 Å². The van der Waals surface area contributed by atoms with E-state index in [9.17, 15) is 30.0 Å². The van der Waals surface area contributed by atoms with E-state index in [1.807, 2.05) is 0 Å². The Morgan fingerprint density at radius 3 is 2.11 bits per heavy atom. The van der Waals surface area contributed by atoms with Gasteiger partial charge in [0.25, 0.3) is 0 Å². The number of hydrogen-bond donors (Lipinski definition) is 2. The topological polar surface area (TPSA) is 116 Å². The summed E-state index contributed by atoms with van der Waals surface area (Å²) in [5, 5.41) is 4.97. The third kappa shape index (κ3) is 6.20. The van der Waals surface area contributed by atoms with Crippen LogP contribution in [-0.2, 0) is 26.5 Å². The van der Waals surface area contributed by atoms with Gasteiger partial charge in [0.1, 0.15) is 10.6 Å². The first-order valence-electron chi connectivity index (χ1n) is 7.35.